The van der Waals surface area contributed by atoms with Gasteiger partial charge in [0.1, 0.15) is 0 Å². The number of nitrogens with zero attached hydrogens (tertiary/aromatic N) is 1. The molecule has 0 unspecified atom stereocenters. The lowest BCUT2D eigenvalue weighted by Gasteiger charge is -1.91. The highest BCUT2D eigenvalue weighted by atomic mass is 16.4. The topological polar surface area (TPSA) is 32.6 Å². The summed E-state index contributed by atoms with van der Waals surface area (Å²) in [6.45, 7) is 5.90. The second-order valence-electron chi connectivity index (χ2n) is 2.17. The normalized spacial score (nSPS) is 11.2. The van der Waals surface area contributed by atoms with Gasteiger partial charge in [-0.1, -0.05) is 17.7 Å². The fourth-order valence-electron chi connectivity index (χ4n) is 0.535. The summed E-state index contributed by atoms with van der Waals surface area (Å²) in [4.78, 5) is 0. The molecule has 0 heterocycles. The Hall–Kier alpha value is -0.790. The fraction of sp³-hybridized carbons (Fsp3) is 0.571. The van der Waals surface area contributed by atoms with Crippen LogP contribution in [0.1, 0.15) is 27.2 Å². The molecule has 0 saturated carbocycles. The van der Waals surface area contributed by atoms with E-state index >= 15 is 0 Å². The van der Waals surface area contributed by atoms with Gasteiger partial charge in [-0.3, -0.25) is 0 Å². The van der Waals surface area contributed by atoms with Crippen molar-refractivity contribution in [3.05, 3.63) is 11.6 Å². The average Bonchev–Trinajstić information content (AvgIpc) is 1.82. The molecule has 0 rings (SSSR count). The summed E-state index contributed by atoms with van der Waals surface area (Å²) in [7, 11) is 0. The Labute approximate surface area is 55.9 Å². The second kappa shape index (κ2) is 4.13. The van der Waals surface area contributed by atoms with E-state index in [0.29, 0.717) is 0 Å². The van der Waals surface area contributed by atoms with Crippen LogP contribution in [0, 0.1) is 0 Å². The van der Waals surface area contributed by atoms with E-state index in [2.05, 4.69) is 5.16 Å². The predicted molar refractivity (Wildman–Crippen MR) is 38.9 cm³/mol. The van der Waals surface area contributed by atoms with Crippen molar-refractivity contribution in [2.75, 3.05) is 0 Å². The van der Waals surface area contributed by atoms with Crippen molar-refractivity contribution in [2.24, 2.45) is 5.16 Å². The van der Waals surface area contributed by atoms with Crippen molar-refractivity contribution < 1.29 is 5.21 Å². The van der Waals surface area contributed by atoms with Crippen LogP contribution >= 0.6 is 0 Å². The minimum absolute atomic E-state index is 0.731. The van der Waals surface area contributed by atoms with E-state index in [-0.39, 0.29) is 0 Å². The highest BCUT2D eigenvalue weighted by Gasteiger charge is 1.88. The van der Waals surface area contributed by atoms with Gasteiger partial charge in [-0.05, 0) is 26.3 Å². The third-order valence-corrected chi connectivity index (χ3v) is 0.946. The van der Waals surface area contributed by atoms with Crippen molar-refractivity contribution in [3.8, 4) is 0 Å². The Morgan fingerprint density at radius 3 is 2.22 bits per heavy atom. The lowest BCUT2D eigenvalue weighted by Crippen LogP contribution is -1.90. The molecule has 2 heteroatoms. The molecule has 52 valence electrons. The van der Waals surface area contributed by atoms with E-state index in [0.717, 1.165) is 17.7 Å². The molecule has 0 aromatic rings. The molecule has 0 bridgehead atoms. The van der Waals surface area contributed by atoms with Gasteiger partial charge < -0.3 is 5.21 Å². The van der Waals surface area contributed by atoms with Gasteiger partial charge in [0.15, 0.2) is 0 Å². The summed E-state index contributed by atoms with van der Waals surface area (Å²) in [5.41, 5.74) is 1.89. The van der Waals surface area contributed by atoms with Gasteiger partial charge in [0.25, 0.3) is 0 Å². The first kappa shape index (κ1) is 8.21. The van der Waals surface area contributed by atoms with Gasteiger partial charge in [-0.2, -0.15) is 0 Å². The Kier molecular flexibility index (Phi) is 3.76. The van der Waals surface area contributed by atoms with Crippen molar-refractivity contribution in [2.45, 2.75) is 27.2 Å². The molecule has 2 nitrogen and oxygen atoms in total. The summed E-state index contributed by atoms with van der Waals surface area (Å²) in [5, 5.41) is 11.4. The quantitative estimate of drug-likeness (QED) is 0.344. The van der Waals surface area contributed by atoms with E-state index in [1.807, 2.05) is 26.8 Å². The van der Waals surface area contributed by atoms with Gasteiger partial charge in [-0.25, -0.2) is 0 Å². The standard InChI is InChI=1S/C7H13NO/c1-4-7(8-9)5-6(2)3/h5,9H,4H2,1-3H3/b8-7+. The van der Waals surface area contributed by atoms with Crippen molar-refractivity contribution >= 4 is 5.71 Å². The summed E-state index contributed by atoms with van der Waals surface area (Å²) >= 11 is 0. The molecule has 0 aliphatic rings. The molecule has 9 heavy (non-hydrogen) atoms. The third-order valence-electron chi connectivity index (χ3n) is 0.946. The van der Waals surface area contributed by atoms with Crippen LogP contribution in [-0.4, -0.2) is 10.9 Å². The summed E-state index contributed by atoms with van der Waals surface area (Å²) in [5.74, 6) is 0. The molecule has 0 spiro atoms. The van der Waals surface area contributed by atoms with Crippen LogP contribution in [0.25, 0.3) is 0 Å². The first-order valence-electron chi connectivity index (χ1n) is 3.06. The van der Waals surface area contributed by atoms with Crippen LogP contribution in [0.15, 0.2) is 16.8 Å². The third kappa shape index (κ3) is 3.76. The lowest BCUT2D eigenvalue weighted by molar-refractivity contribution is 0.318. The molecule has 0 atom stereocenters. The minimum Gasteiger partial charge on any atom is -0.411 e. The smallest absolute Gasteiger partial charge is 0.0792 e. The second-order valence-corrected chi connectivity index (χ2v) is 2.17. The van der Waals surface area contributed by atoms with Crippen molar-refractivity contribution in [1.82, 2.24) is 0 Å². The Balaban J connectivity index is 4.01. The highest BCUT2D eigenvalue weighted by Crippen LogP contribution is 1.93. The van der Waals surface area contributed by atoms with Crippen LogP contribution in [0.4, 0.5) is 0 Å². The number of rotatable bonds is 2. The van der Waals surface area contributed by atoms with E-state index in [1.165, 1.54) is 0 Å². The number of oxime groups is 1. The van der Waals surface area contributed by atoms with Crippen LogP contribution < -0.4 is 0 Å². The number of hydrogen-bond donors (Lipinski definition) is 1. The van der Waals surface area contributed by atoms with E-state index < -0.39 is 0 Å². The molecule has 0 aromatic heterocycles. The van der Waals surface area contributed by atoms with Gasteiger partial charge in [-0.15, -0.1) is 0 Å². The molecular formula is C7H13NO. The SMILES string of the molecule is CC/C(C=C(C)C)=N\O. The molecule has 0 saturated heterocycles. The molecular weight excluding hydrogens is 114 g/mol. The maximum absolute atomic E-state index is 8.32. The molecule has 1 N–H and O–H groups in total. The average molecular weight is 127 g/mol. The van der Waals surface area contributed by atoms with Crippen LogP contribution in [-0.2, 0) is 0 Å². The van der Waals surface area contributed by atoms with Crippen molar-refractivity contribution in [3.63, 3.8) is 0 Å². The lowest BCUT2D eigenvalue weighted by atomic mass is 10.2. The minimum atomic E-state index is 0.731. The van der Waals surface area contributed by atoms with Gasteiger partial charge >= 0.3 is 0 Å². The first-order chi connectivity index (χ1) is 4.20. The molecule has 0 aliphatic carbocycles. The van der Waals surface area contributed by atoms with Gasteiger partial charge in [0.2, 0.25) is 0 Å². The Bertz CT molecular complexity index is 132. The highest BCUT2D eigenvalue weighted by molar-refractivity contribution is 5.94. The van der Waals surface area contributed by atoms with Crippen LogP contribution in [0.2, 0.25) is 0 Å². The maximum Gasteiger partial charge on any atom is 0.0792 e. The first-order valence-corrected chi connectivity index (χ1v) is 3.06. The number of hydrogen-bond acceptors (Lipinski definition) is 2. The molecule has 0 aliphatic heterocycles. The van der Waals surface area contributed by atoms with Crippen LogP contribution in [0.5, 0.6) is 0 Å². The van der Waals surface area contributed by atoms with Crippen LogP contribution in [0.3, 0.4) is 0 Å². The summed E-state index contributed by atoms with van der Waals surface area (Å²) in [6.07, 6.45) is 2.64. The van der Waals surface area contributed by atoms with E-state index in [4.69, 9.17) is 5.21 Å². The van der Waals surface area contributed by atoms with Crippen molar-refractivity contribution in [1.29, 1.82) is 0 Å². The molecule has 0 radical (unpaired) electrons. The predicted octanol–water partition coefficient (Wildman–Crippen LogP) is 2.19. The molecule has 0 amide bonds. The van der Waals surface area contributed by atoms with E-state index in [1.54, 1.807) is 0 Å². The zero-order chi connectivity index (χ0) is 7.28. The largest absolute Gasteiger partial charge is 0.411 e. The Morgan fingerprint density at radius 1 is 1.56 bits per heavy atom. The number of allylic oxidation sites excluding steroid dienone is 2. The maximum atomic E-state index is 8.32. The Morgan fingerprint density at radius 2 is 2.11 bits per heavy atom. The zero-order valence-electron chi connectivity index (χ0n) is 6.18. The summed E-state index contributed by atoms with van der Waals surface area (Å²) < 4.78 is 0. The molecule has 0 aromatic carbocycles. The zero-order valence-corrected chi connectivity index (χ0v) is 6.18. The molecule has 0 fully saturated rings. The summed E-state index contributed by atoms with van der Waals surface area (Å²) in [6, 6.07) is 0. The monoisotopic (exact) mass is 127 g/mol. The fourth-order valence-corrected chi connectivity index (χ4v) is 0.535. The van der Waals surface area contributed by atoms with Gasteiger partial charge in [0, 0.05) is 0 Å². The van der Waals surface area contributed by atoms with Gasteiger partial charge in [0.05, 0.1) is 5.71 Å². The van der Waals surface area contributed by atoms with E-state index in [9.17, 15) is 0 Å².